The SMILES string of the molecule is ClCCCCCCCCCCCCCCCCCCCCCCCCCCCCCC[Si](Cl)(Cl)Cl. The average molecular weight is 591 g/mol. The van der Waals surface area contributed by atoms with Crippen LogP contribution >= 0.6 is 44.8 Å². The van der Waals surface area contributed by atoms with E-state index >= 15 is 0 Å². The second kappa shape index (κ2) is 29.9. The fourth-order valence-corrected chi connectivity index (χ4v) is 7.06. The third-order valence-corrected chi connectivity index (χ3v) is 10.2. The van der Waals surface area contributed by atoms with Crippen molar-refractivity contribution >= 4 is 50.8 Å². The maximum atomic E-state index is 5.92. The summed E-state index contributed by atoms with van der Waals surface area (Å²) in [5.74, 6) is 0.840. The van der Waals surface area contributed by atoms with Gasteiger partial charge in [-0.15, -0.1) is 44.8 Å². The molecule has 0 aromatic heterocycles. The first-order chi connectivity index (χ1) is 17.1. The molecule has 0 fully saturated rings. The zero-order valence-corrected chi connectivity index (χ0v) is 27.2. The predicted octanol–water partition coefficient (Wildman–Crippen LogP) is 13.8. The molecule has 0 aliphatic heterocycles. The number of rotatable bonds is 30. The van der Waals surface area contributed by atoms with E-state index in [0.717, 1.165) is 18.3 Å². The normalized spacial score (nSPS) is 12.0. The fraction of sp³-hybridized carbons (Fsp3) is 1.00. The van der Waals surface area contributed by atoms with Crippen LogP contribution in [-0.2, 0) is 0 Å². The summed E-state index contributed by atoms with van der Waals surface area (Å²) in [7, 11) is 0. The maximum absolute atomic E-state index is 5.92. The van der Waals surface area contributed by atoms with Gasteiger partial charge in [-0.2, -0.15) is 0 Å². The van der Waals surface area contributed by atoms with E-state index in [0.29, 0.717) is 0 Å². The van der Waals surface area contributed by atoms with E-state index in [1.165, 1.54) is 173 Å². The van der Waals surface area contributed by atoms with Crippen molar-refractivity contribution in [3.05, 3.63) is 0 Å². The molecular formula is C30H60Cl4Si. The highest BCUT2D eigenvalue weighted by molar-refractivity contribution is 7.64. The Morgan fingerprint density at radius 1 is 0.257 bits per heavy atom. The summed E-state index contributed by atoms with van der Waals surface area (Å²) in [5.41, 5.74) is 0. The van der Waals surface area contributed by atoms with Crippen LogP contribution in [0.25, 0.3) is 0 Å². The Kier molecular flexibility index (Phi) is 31.1. The Morgan fingerprint density at radius 2 is 0.429 bits per heavy atom. The largest absolute Gasteiger partial charge is 0.341 e. The van der Waals surface area contributed by atoms with Gasteiger partial charge < -0.3 is 0 Å². The molecule has 0 bridgehead atoms. The summed E-state index contributed by atoms with van der Waals surface area (Å²) in [6, 6.07) is -1.54. The van der Waals surface area contributed by atoms with Crippen LogP contribution in [0.15, 0.2) is 0 Å². The minimum Gasteiger partial charge on any atom is -0.127 e. The van der Waals surface area contributed by atoms with Crippen LogP contribution in [0.3, 0.4) is 0 Å². The molecule has 0 radical (unpaired) electrons. The molecule has 0 rings (SSSR count). The zero-order chi connectivity index (χ0) is 25.7. The average Bonchev–Trinajstić information content (AvgIpc) is 2.82. The maximum Gasteiger partial charge on any atom is 0.341 e. The second-order valence-corrected chi connectivity index (χ2v) is 20.6. The van der Waals surface area contributed by atoms with Crippen molar-refractivity contribution in [1.29, 1.82) is 0 Å². The summed E-state index contributed by atoms with van der Waals surface area (Å²) in [6.45, 7) is 0. The van der Waals surface area contributed by atoms with E-state index in [2.05, 4.69) is 0 Å². The molecule has 0 aromatic carbocycles. The van der Waals surface area contributed by atoms with Crippen LogP contribution in [0.4, 0.5) is 0 Å². The first kappa shape index (κ1) is 36.4. The minimum absolute atomic E-state index is 0.828. The van der Waals surface area contributed by atoms with Gasteiger partial charge in [-0.1, -0.05) is 173 Å². The number of halogens is 4. The van der Waals surface area contributed by atoms with E-state index in [9.17, 15) is 0 Å². The summed E-state index contributed by atoms with van der Waals surface area (Å²) in [4.78, 5) is 0. The van der Waals surface area contributed by atoms with E-state index in [4.69, 9.17) is 44.8 Å². The standard InChI is InChI=1S/C30H60Cl4Si/c31-29-27-25-23-21-19-17-15-13-11-9-7-5-3-1-2-4-6-8-10-12-14-16-18-20-22-24-26-28-30-35(32,33)34/h1-30H2. The van der Waals surface area contributed by atoms with E-state index in [1.54, 1.807) is 0 Å². The summed E-state index contributed by atoms with van der Waals surface area (Å²) in [6.07, 6.45) is 39.4. The minimum atomic E-state index is -2.37. The van der Waals surface area contributed by atoms with Crippen molar-refractivity contribution in [2.24, 2.45) is 0 Å². The lowest BCUT2D eigenvalue weighted by Gasteiger charge is -2.07. The van der Waals surface area contributed by atoms with Crippen LogP contribution < -0.4 is 0 Å². The molecule has 0 N–H and O–H groups in total. The van der Waals surface area contributed by atoms with Crippen molar-refractivity contribution < 1.29 is 0 Å². The van der Waals surface area contributed by atoms with E-state index < -0.39 is 6.00 Å². The van der Waals surface area contributed by atoms with Crippen molar-refractivity contribution in [1.82, 2.24) is 0 Å². The highest BCUT2D eigenvalue weighted by Crippen LogP contribution is 2.27. The third-order valence-electron chi connectivity index (χ3n) is 7.34. The number of hydrogen-bond acceptors (Lipinski definition) is 0. The van der Waals surface area contributed by atoms with Gasteiger partial charge in [-0.25, -0.2) is 0 Å². The number of unbranched alkanes of at least 4 members (excludes halogenated alkanes) is 27. The van der Waals surface area contributed by atoms with Crippen molar-refractivity contribution in [3.8, 4) is 0 Å². The van der Waals surface area contributed by atoms with Crippen LogP contribution in [0, 0.1) is 0 Å². The fourth-order valence-electron chi connectivity index (χ4n) is 5.02. The highest BCUT2D eigenvalue weighted by atomic mass is 35.8. The first-order valence-electron chi connectivity index (χ1n) is 15.7. The third kappa shape index (κ3) is 35.4. The molecule has 0 atom stereocenters. The van der Waals surface area contributed by atoms with Gasteiger partial charge in [0.15, 0.2) is 0 Å². The second-order valence-electron chi connectivity index (χ2n) is 11.0. The monoisotopic (exact) mass is 588 g/mol. The Hall–Kier alpha value is 1.38. The Balaban J connectivity index is 3.03. The Bertz CT molecular complexity index is 387. The lowest BCUT2D eigenvalue weighted by atomic mass is 10.0. The van der Waals surface area contributed by atoms with Gasteiger partial charge >= 0.3 is 6.00 Å². The Labute approximate surface area is 241 Å². The molecule has 0 saturated carbocycles. The topological polar surface area (TPSA) is 0 Å². The van der Waals surface area contributed by atoms with Crippen LogP contribution in [0.1, 0.15) is 180 Å². The van der Waals surface area contributed by atoms with Crippen molar-refractivity contribution in [2.45, 2.75) is 186 Å². The smallest absolute Gasteiger partial charge is 0.127 e. The summed E-state index contributed by atoms with van der Waals surface area (Å²) < 4.78 is 0. The highest BCUT2D eigenvalue weighted by Gasteiger charge is 2.23. The molecule has 0 unspecified atom stereocenters. The molecule has 0 aliphatic carbocycles. The van der Waals surface area contributed by atoms with Gasteiger partial charge in [0, 0.05) is 5.88 Å². The van der Waals surface area contributed by atoms with Crippen molar-refractivity contribution in [3.63, 3.8) is 0 Å². The van der Waals surface area contributed by atoms with Crippen LogP contribution in [0.5, 0.6) is 0 Å². The molecule has 0 amide bonds. The first-order valence-corrected chi connectivity index (χ1v) is 21.5. The molecule has 0 heterocycles. The summed E-state index contributed by atoms with van der Waals surface area (Å²) in [5, 5.41) is 0. The van der Waals surface area contributed by atoms with E-state index in [1.807, 2.05) is 0 Å². The molecule has 35 heavy (non-hydrogen) atoms. The van der Waals surface area contributed by atoms with Crippen LogP contribution in [-0.4, -0.2) is 11.9 Å². The number of hydrogen-bond donors (Lipinski definition) is 0. The molecule has 0 aromatic rings. The van der Waals surface area contributed by atoms with Gasteiger partial charge in [0.25, 0.3) is 0 Å². The van der Waals surface area contributed by atoms with Gasteiger partial charge in [0.2, 0.25) is 0 Å². The molecule has 0 aliphatic rings. The van der Waals surface area contributed by atoms with Gasteiger partial charge in [0.1, 0.15) is 0 Å². The lowest BCUT2D eigenvalue weighted by molar-refractivity contribution is 0.514. The lowest BCUT2D eigenvalue weighted by Crippen LogP contribution is -2.07. The number of alkyl halides is 1. The van der Waals surface area contributed by atoms with Crippen molar-refractivity contribution in [2.75, 3.05) is 5.88 Å². The molecular weight excluding hydrogens is 530 g/mol. The van der Waals surface area contributed by atoms with Gasteiger partial charge in [-0.3, -0.25) is 0 Å². The van der Waals surface area contributed by atoms with Crippen LogP contribution in [0.2, 0.25) is 6.04 Å². The summed E-state index contributed by atoms with van der Waals surface area (Å²) >= 11 is 23.5. The van der Waals surface area contributed by atoms with Gasteiger partial charge in [-0.05, 0) is 12.5 Å². The zero-order valence-electron chi connectivity index (χ0n) is 23.2. The Morgan fingerprint density at radius 3 is 0.600 bits per heavy atom. The quantitative estimate of drug-likeness (QED) is 0.0338. The molecule has 0 nitrogen and oxygen atoms in total. The molecule has 0 saturated heterocycles. The molecule has 0 spiro atoms. The predicted molar refractivity (Wildman–Crippen MR) is 168 cm³/mol. The van der Waals surface area contributed by atoms with Gasteiger partial charge in [0.05, 0.1) is 0 Å². The van der Waals surface area contributed by atoms with E-state index in [-0.39, 0.29) is 0 Å². The molecule has 5 heteroatoms. The molecule has 212 valence electrons.